The normalized spacial score (nSPS) is 10.8. The number of hydrogen-bond acceptors (Lipinski definition) is 6. The lowest BCUT2D eigenvalue weighted by Gasteiger charge is -2.22. The molecule has 1 amide bonds. The highest BCUT2D eigenvalue weighted by atomic mass is 16.5. The number of nitrogens with one attached hydrogen (secondary N) is 1. The Morgan fingerprint density at radius 1 is 1.08 bits per heavy atom. The highest BCUT2D eigenvalue weighted by molar-refractivity contribution is 6.11. The Balaban J connectivity index is 1.59. The maximum Gasteiger partial charge on any atom is 0.326 e. The van der Waals surface area contributed by atoms with Crippen molar-refractivity contribution in [2.75, 3.05) is 18.1 Å². The number of hydrogen-bond donors (Lipinski definition) is 2. The standard InChI is InChI=1S/C29H29N5O4/c1-3-38-27(36)18-34(29(37)24-6-4-5-15-32-24)21-12-13-22-23(17-33(2)25(22)16-21)26(35)14-9-19-7-10-20(11-8-19)28(30)31/h4-8,10-13,15-17H,3,9,14,18H2,1-2H3,(H3,30,31). The second-order valence-corrected chi connectivity index (χ2v) is 8.80. The van der Waals surface area contributed by atoms with E-state index in [0.717, 1.165) is 16.5 Å². The minimum absolute atomic E-state index is 0.00491. The summed E-state index contributed by atoms with van der Waals surface area (Å²) in [7, 11) is 1.83. The molecular formula is C29H29N5O4. The quantitative estimate of drug-likeness (QED) is 0.144. The summed E-state index contributed by atoms with van der Waals surface area (Å²) in [6.07, 6.45) is 4.17. The van der Waals surface area contributed by atoms with Gasteiger partial charge < -0.3 is 15.0 Å². The number of nitrogens with zero attached hydrogens (tertiary/aromatic N) is 3. The number of fused-ring (bicyclic) bond motifs is 1. The van der Waals surface area contributed by atoms with Crippen LogP contribution in [0.2, 0.25) is 0 Å². The fraction of sp³-hybridized carbons (Fsp3) is 0.207. The van der Waals surface area contributed by atoms with E-state index < -0.39 is 11.9 Å². The summed E-state index contributed by atoms with van der Waals surface area (Å²) in [5, 5.41) is 8.26. The Bertz CT molecular complexity index is 1490. The first kappa shape index (κ1) is 26.3. The molecule has 4 rings (SSSR count). The number of ketones is 1. The second-order valence-electron chi connectivity index (χ2n) is 8.80. The Labute approximate surface area is 220 Å². The van der Waals surface area contributed by atoms with Crippen LogP contribution in [0.3, 0.4) is 0 Å². The average molecular weight is 512 g/mol. The number of ether oxygens (including phenoxy) is 1. The number of esters is 1. The number of pyridine rings is 1. The number of rotatable bonds is 10. The molecule has 0 atom stereocenters. The fourth-order valence-electron chi connectivity index (χ4n) is 4.25. The number of carbonyl (C=O) groups excluding carboxylic acids is 3. The number of carbonyl (C=O) groups is 3. The lowest BCUT2D eigenvalue weighted by Crippen LogP contribution is -2.37. The molecule has 0 unspecified atom stereocenters. The van der Waals surface area contributed by atoms with Crippen LogP contribution < -0.4 is 10.6 Å². The van der Waals surface area contributed by atoms with Crippen molar-refractivity contribution in [2.45, 2.75) is 19.8 Å². The van der Waals surface area contributed by atoms with E-state index >= 15 is 0 Å². The summed E-state index contributed by atoms with van der Waals surface area (Å²) < 4.78 is 6.92. The number of aryl methyl sites for hydroxylation is 2. The molecule has 0 aliphatic rings. The van der Waals surface area contributed by atoms with Crippen LogP contribution in [0.5, 0.6) is 0 Å². The van der Waals surface area contributed by atoms with Crippen molar-refractivity contribution in [1.29, 1.82) is 5.41 Å². The molecule has 38 heavy (non-hydrogen) atoms. The first-order valence-corrected chi connectivity index (χ1v) is 12.2. The first-order valence-electron chi connectivity index (χ1n) is 12.2. The Kier molecular flexibility index (Phi) is 7.96. The second kappa shape index (κ2) is 11.5. The molecule has 2 aromatic carbocycles. The third kappa shape index (κ3) is 5.78. The Morgan fingerprint density at radius 2 is 1.84 bits per heavy atom. The van der Waals surface area contributed by atoms with Crippen LogP contribution >= 0.6 is 0 Å². The molecule has 9 heteroatoms. The maximum atomic E-state index is 13.3. The zero-order valence-electron chi connectivity index (χ0n) is 21.3. The zero-order valence-corrected chi connectivity index (χ0v) is 21.3. The Morgan fingerprint density at radius 3 is 2.50 bits per heavy atom. The molecule has 4 aromatic rings. The van der Waals surface area contributed by atoms with Gasteiger partial charge in [0.1, 0.15) is 18.1 Å². The molecule has 0 bridgehead atoms. The Hall–Kier alpha value is -4.79. The van der Waals surface area contributed by atoms with E-state index in [0.29, 0.717) is 29.7 Å². The summed E-state index contributed by atoms with van der Waals surface area (Å²) in [6, 6.07) is 17.6. The molecule has 0 saturated heterocycles. The van der Waals surface area contributed by atoms with Crippen LogP contribution in [0.15, 0.2) is 73.1 Å². The van der Waals surface area contributed by atoms with Gasteiger partial charge >= 0.3 is 5.97 Å². The van der Waals surface area contributed by atoms with Crippen LogP contribution in [0, 0.1) is 5.41 Å². The number of nitrogen functional groups attached to an aromatic ring is 1. The predicted octanol–water partition coefficient (Wildman–Crippen LogP) is 3.88. The molecule has 0 saturated carbocycles. The topological polar surface area (TPSA) is 131 Å². The van der Waals surface area contributed by atoms with Crippen molar-refractivity contribution in [3.63, 3.8) is 0 Å². The summed E-state index contributed by atoms with van der Waals surface area (Å²) in [5.74, 6) is -0.965. The van der Waals surface area contributed by atoms with Gasteiger partial charge in [-0.25, -0.2) is 0 Å². The van der Waals surface area contributed by atoms with E-state index in [1.165, 1.54) is 11.1 Å². The van der Waals surface area contributed by atoms with E-state index in [-0.39, 0.29) is 30.5 Å². The monoisotopic (exact) mass is 511 g/mol. The van der Waals surface area contributed by atoms with Crippen LogP contribution in [-0.4, -0.2) is 46.2 Å². The fourth-order valence-corrected chi connectivity index (χ4v) is 4.25. The highest BCUT2D eigenvalue weighted by Gasteiger charge is 2.24. The van der Waals surface area contributed by atoms with E-state index in [1.54, 1.807) is 61.7 Å². The third-order valence-corrected chi connectivity index (χ3v) is 6.21. The molecule has 0 radical (unpaired) electrons. The van der Waals surface area contributed by atoms with Gasteiger partial charge in [-0.3, -0.25) is 29.7 Å². The third-order valence-electron chi connectivity index (χ3n) is 6.21. The SMILES string of the molecule is CCOC(=O)CN(C(=O)c1ccccn1)c1ccc2c(C(=O)CCc3ccc(C(=N)N)cc3)cn(C)c2c1. The van der Waals surface area contributed by atoms with Gasteiger partial charge in [0.25, 0.3) is 5.91 Å². The largest absolute Gasteiger partial charge is 0.465 e. The lowest BCUT2D eigenvalue weighted by molar-refractivity contribution is -0.141. The summed E-state index contributed by atoms with van der Waals surface area (Å²) in [4.78, 5) is 44.2. The van der Waals surface area contributed by atoms with Crippen molar-refractivity contribution in [3.8, 4) is 0 Å². The van der Waals surface area contributed by atoms with Gasteiger partial charge in [0, 0.05) is 48.1 Å². The highest BCUT2D eigenvalue weighted by Crippen LogP contribution is 2.28. The number of benzene rings is 2. The van der Waals surface area contributed by atoms with Crippen molar-refractivity contribution in [1.82, 2.24) is 9.55 Å². The van der Waals surface area contributed by atoms with Gasteiger partial charge in [0.15, 0.2) is 5.78 Å². The summed E-state index contributed by atoms with van der Waals surface area (Å²) in [6.45, 7) is 1.64. The van der Waals surface area contributed by atoms with Crippen molar-refractivity contribution < 1.29 is 19.1 Å². The van der Waals surface area contributed by atoms with Crippen LogP contribution in [0.4, 0.5) is 5.69 Å². The number of aromatic nitrogens is 2. The summed E-state index contributed by atoms with van der Waals surface area (Å²) in [5.41, 5.74) is 9.16. The van der Waals surface area contributed by atoms with E-state index in [2.05, 4.69) is 4.98 Å². The number of nitrogens with two attached hydrogens (primary N) is 1. The van der Waals surface area contributed by atoms with Crippen molar-refractivity contribution >= 4 is 40.1 Å². The van der Waals surface area contributed by atoms with Gasteiger partial charge in [-0.1, -0.05) is 36.4 Å². The van der Waals surface area contributed by atoms with E-state index in [9.17, 15) is 14.4 Å². The van der Waals surface area contributed by atoms with Gasteiger partial charge in [-0.2, -0.15) is 0 Å². The maximum absolute atomic E-state index is 13.3. The smallest absolute Gasteiger partial charge is 0.326 e. The summed E-state index contributed by atoms with van der Waals surface area (Å²) >= 11 is 0. The average Bonchev–Trinajstić information content (AvgIpc) is 3.26. The number of amides is 1. The van der Waals surface area contributed by atoms with Gasteiger partial charge in [0.05, 0.1) is 12.1 Å². The molecule has 2 heterocycles. The molecular weight excluding hydrogens is 482 g/mol. The first-order chi connectivity index (χ1) is 18.3. The number of Topliss-reactive ketones (excluding diaryl/α,β-unsaturated/α-hetero) is 1. The number of anilines is 1. The van der Waals surface area contributed by atoms with Crippen molar-refractivity contribution in [2.24, 2.45) is 12.8 Å². The molecule has 0 spiro atoms. The zero-order chi connectivity index (χ0) is 27.2. The van der Waals surface area contributed by atoms with Crippen molar-refractivity contribution in [3.05, 3.63) is 95.4 Å². The molecule has 0 aliphatic heterocycles. The minimum atomic E-state index is -0.532. The van der Waals surface area contributed by atoms with Crippen LogP contribution in [0.1, 0.15) is 45.3 Å². The number of amidine groups is 1. The lowest BCUT2D eigenvalue weighted by atomic mass is 10.0. The van der Waals surface area contributed by atoms with Gasteiger partial charge in [-0.05, 0) is 43.2 Å². The van der Waals surface area contributed by atoms with Crippen LogP contribution in [-0.2, 0) is 23.0 Å². The van der Waals surface area contributed by atoms with Gasteiger partial charge in [-0.15, -0.1) is 0 Å². The molecule has 0 aliphatic carbocycles. The molecule has 0 fully saturated rings. The predicted molar refractivity (Wildman–Crippen MR) is 146 cm³/mol. The molecule has 9 nitrogen and oxygen atoms in total. The molecule has 194 valence electrons. The van der Waals surface area contributed by atoms with Crippen LogP contribution in [0.25, 0.3) is 10.9 Å². The molecule has 2 aromatic heterocycles. The van der Waals surface area contributed by atoms with E-state index in [1.807, 2.05) is 23.7 Å². The van der Waals surface area contributed by atoms with E-state index in [4.69, 9.17) is 15.9 Å². The van der Waals surface area contributed by atoms with Gasteiger partial charge in [0.2, 0.25) is 0 Å². The minimum Gasteiger partial charge on any atom is -0.465 e. The molecule has 3 N–H and O–H groups in total.